The van der Waals surface area contributed by atoms with Crippen molar-refractivity contribution in [3.8, 4) is 5.75 Å². The molecule has 228 valence electrons. The van der Waals surface area contributed by atoms with Crippen molar-refractivity contribution in [2.24, 2.45) is 5.92 Å². The molecule has 2 aliphatic rings. The number of rotatable bonds is 12. The van der Waals surface area contributed by atoms with Gasteiger partial charge in [-0.05, 0) is 69.0 Å². The predicted molar refractivity (Wildman–Crippen MR) is 170 cm³/mol. The molecule has 1 fully saturated rings. The van der Waals surface area contributed by atoms with E-state index in [0.717, 1.165) is 62.6 Å². The number of likely N-dealkylation sites (N-methyl/N-ethyl adjacent to an activating group) is 2. The fourth-order valence-corrected chi connectivity index (χ4v) is 6.41. The van der Waals surface area contributed by atoms with Crippen LogP contribution in [-0.4, -0.2) is 60.5 Å². The van der Waals surface area contributed by atoms with Crippen molar-refractivity contribution < 1.29 is 19.4 Å². The molecule has 3 aromatic rings. The van der Waals surface area contributed by atoms with Crippen LogP contribution in [0.5, 0.6) is 5.75 Å². The minimum Gasteiger partial charge on any atom is -0.424 e. The third-order valence-electron chi connectivity index (χ3n) is 9.05. The van der Waals surface area contributed by atoms with Gasteiger partial charge in [-0.25, -0.2) is 0 Å². The Morgan fingerprint density at radius 2 is 1.51 bits per heavy atom. The molecule has 0 aromatic heterocycles. The number of hydrogen-bond acceptors (Lipinski definition) is 6. The van der Waals surface area contributed by atoms with Crippen LogP contribution in [0, 0.1) is 5.92 Å². The summed E-state index contributed by atoms with van der Waals surface area (Å²) in [5.41, 5.74) is 3.19. The van der Waals surface area contributed by atoms with Crippen molar-refractivity contribution in [2.45, 2.75) is 63.5 Å². The van der Waals surface area contributed by atoms with E-state index in [1.165, 1.54) is 11.1 Å². The number of carbonyl (C=O) groups is 2. The quantitative estimate of drug-likeness (QED) is 0.165. The van der Waals surface area contributed by atoms with Gasteiger partial charge in [0.25, 0.3) is 0 Å². The number of anilines is 1. The molecule has 0 spiro atoms. The fourth-order valence-electron chi connectivity index (χ4n) is 6.41. The van der Waals surface area contributed by atoms with Crippen LogP contribution < -0.4 is 10.1 Å². The fraction of sp³-hybridized carbons (Fsp3) is 0.444. The number of nitrogens with one attached hydrogen (secondary N) is 1. The maximum Gasteiger partial charge on any atom is 0.314 e. The van der Waals surface area contributed by atoms with Gasteiger partial charge < -0.3 is 20.1 Å². The number of ether oxygens (including phenoxy) is 1. The Morgan fingerprint density at radius 3 is 2.16 bits per heavy atom. The van der Waals surface area contributed by atoms with Gasteiger partial charge in [0, 0.05) is 31.6 Å². The van der Waals surface area contributed by atoms with Crippen molar-refractivity contribution in [1.82, 2.24) is 9.80 Å². The number of carbonyl (C=O) groups excluding carboxylic acids is 2. The first-order valence-electron chi connectivity index (χ1n) is 15.7. The molecule has 1 amide bonds. The van der Waals surface area contributed by atoms with Gasteiger partial charge in [0.2, 0.25) is 5.91 Å². The molecule has 1 atom stereocenters. The van der Waals surface area contributed by atoms with Crippen LogP contribution in [0.25, 0.3) is 0 Å². The SMILES string of the molecule is CN(CCc1ccccc1)CC(O)(c1ccc(OC(=O)C2CCCCC2)c2c1CCC(=O)N2)N(C)CCc1ccccc1. The van der Waals surface area contributed by atoms with Crippen LogP contribution in [0.3, 0.4) is 0 Å². The molecule has 7 heteroatoms. The molecule has 7 nitrogen and oxygen atoms in total. The summed E-state index contributed by atoms with van der Waals surface area (Å²) in [7, 11) is 3.99. The third kappa shape index (κ3) is 7.71. The number of nitrogens with zero attached hydrogens (tertiary/aromatic N) is 2. The van der Waals surface area contributed by atoms with Gasteiger partial charge in [-0.3, -0.25) is 14.5 Å². The summed E-state index contributed by atoms with van der Waals surface area (Å²) in [4.78, 5) is 29.8. The maximum atomic E-state index is 13.1. The van der Waals surface area contributed by atoms with Crippen molar-refractivity contribution >= 4 is 17.6 Å². The topological polar surface area (TPSA) is 82.1 Å². The van der Waals surface area contributed by atoms with Gasteiger partial charge in [0.05, 0.1) is 11.6 Å². The number of amides is 1. The molecule has 0 radical (unpaired) electrons. The highest BCUT2D eigenvalue weighted by Crippen LogP contribution is 2.41. The highest BCUT2D eigenvalue weighted by Gasteiger charge is 2.39. The highest BCUT2D eigenvalue weighted by molar-refractivity contribution is 5.96. The van der Waals surface area contributed by atoms with Gasteiger partial charge in [-0.1, -0.05) is 86.0 Å². The Labute approximate surface area is 255 Å². The number of fused-ring (bicyclic) bond motifs is 1. The summed E-state index contributed by atoms with van der Waals surface area (Å²) in [6.45, 7) is 1.77. The van der Waals surface area contributed by atoms with Gasteiger partial charge in [-0.15, -0.1) is 0 Å². The predicted octanol–water partition coefficient (Wildman–Crippen LogP) is 5.55. The first-order chi connectivity index (χ1) is 20.8. The number of esters is 1. The second-order valence-electron chi connectivity index (χ2n) is 12.2. The maximum absolute atomic E-state index is 13.1. The summed E-state index contributed by atoms with van der Waals surface area (Å²) in [5, 5.41) is 15.6. The Bertz CT molecular complexity index is 1370. The minimum atomic E-state index is -1.35. The lowest BCUT2D eigenvalue weighted by Gasteiger charge is -2.42. The molecular formula is C36H45N3O4. The first-order valence-corrected chi connectivity index (χ1v) is 15.7. The molecule has 1 aliphatic heterocycles. The van der Waals surface area contributed by atoms with Crippen molar-refractivity contribution in [3.63, 3.8) is 0 Å². The number of hydrogen-bond donors (Lipinski definition) is 2. The van der Waals surface area contributed by atoms with Crippen LogP contribution in [0.4, 0.5) is 5.69 Å². The largest absolute Gasteiger partial charge is 0.424 e. The zero-order chi connectivity index (χ0) is 30.2. The lowest BCUT2D eigenvalue weighted by atomic mass is 9.88. The Balaban J connectivity index is 1.44. The van der Waals surface area contributed by atoms with E-state index < -0.39 is 5.72 Å². The molecule has 1 unspecified atom stereocenters. The molecule has 2 N–H and O–H groups in total. The normalized spacial score (nSPS) is 16.9. The van der Waals surface area contributed by atoms with Crippen LogP contribution >= 0.6 is 0 Å². The van der Waals surface area contributed by atoms with E-state index in [-0.39, 0.29) is 17.8 Å². The second-order valence-corrected chi connectivity index (χ2v) is 12.2. The minimum absolute atomic E-state index is 0.109. The molecule has 5 rings (SSSR count). The van der Waals surface area contributed by atoms with Crippen LogP contribution in [0.15, 0.2) is 72.8 Å². The molecule has 43 heavy (non-hydrogen) atoms. The summed E-state index contributed by atoms with van der Waals surface area (Å²) < 4.78 is 5.94. The van der Waals surface area contributed by atoms with Gasteiger partial charge in [0.1, 0.15) is 0 Å². The average Bonchev–Trinajstić information content (AvgIpc) is 3.04. The third-order valence-corrected chi connectivity index (χ3v) is 9.05. The zero-order valence-corrected chi connectivity index (χ0v) is 25.6. The van der Waals surface area contributed by atoms with E-state index in [0.29, 0.717) is 37.4 Å². The van der Waals surface area contributed by atoms with E-state index in [9.17, 15) is 14.7 Å². The molecule has 1 heterocycles. The van der Waals surface area contributed by atoms with E-state index in [1.54, 1.807) is 6.07 Å². The molecule has 3 aromatic carbocycles. The highest BCUT2D eigenvalue weighted by atomic mass is 16.5. The molecular weight excluding hydrogens is 538 g/mol. The summed E-state index contributed by atoms with van der Waals surface area (Å²) in [5.74, 6) is -0.0808. The molecule has 1 saturated carbocycles. The Kier molecular flexibility index (Phi) is 10.3. The Hall–Kier alpha value is -3.52. The van der Waals surface area contributed by atoms with E-state index >= 15 is 0 Å². The molecule has 1 aliphatic carbocycles. The van der Waals surface area contributed by atoms with Crippen molar-refractivity contribution in [1.29, 1.82) is 0 Å². The second kappa shape index (κ2) is 14.3. The average molecular weight is 584 g/mol. The first kappa shape index (κ1) is 30.9. The van der Waals surface area contributed by atoms with Crippen LogP contribution in [-0.2, 0) is 34.6 Å². The van der Waals surface area contributed by atoms with Crippen LogP contribution in [0.1, 0.15) is 60.8 Å². The molecule has 0 bridgehead atoms. The summed E-state index contributed by atoms with van der Waals surface area (Å²) in [6, 6.07) is 24.3. The van der Waals surface area contributed by atoms with Gasteiger partial charge in [-0.2, -0.15) is 0 Å². The van der Waals surface area contributed by atoms with Crippen molar-refractivity contribution in [3.05, 3.63) is 95.1 Å². The lowest BCUT2D eigenvalue weighted by Crippen LogP contribution is -2.52. The van der Waals surface area contributed by atoms with E-state index in [1.807, 2.05) is 61.5 Å². The number of aliphatic hydroxyl groups is 1. The van der Waals surface area contributed by atoms with E-state index in [2.05, 4.69) is 34.5 Å². The summed E-state index contributed by atoms with van der Waals surface area (Å²) in [6.07, 6.45) is 7.33. The van der Waals surface area contributed by atoms with E-state index in [4.69, 9.17) is 4.74 Å². The standard InChI is InChI=1S/C36H45N3O4/c1-38(24-22-27-12-6-3-7-13-27)26-36(42,39(2)25-23-28-14-8-4-9-15-28)31-19-20-32(34-30(31)18-21-33(40)37-34)43-35(41)29-16-10-5-11-17-29/h3-4,6-9,12-15,19-20,29,42H,5,10-11,16-18,21-26H2,1-2H3,(H,37,40). The summed E-state index contributed by atoms with van der Waals surface area (Å²) >= 11 is 0. The van der Waals surface area contributed by atoms with Crippen molar-refractivity contribution in [2.75, 3.05) is 39.0 Å². The molecule has 0 saturated heterocycles. The van der Waals surface area contributed by atoms with Gasteiger partial charge in [0.15, 0.2) is 11.5 Å². The lowest BCUT2D eigenvalue weighted by molar-refractivity contribution is -0.140. The Morgan fingerprint density at radius 1 is 0.884 bits per heavy atom. The smallest absolute Gasteiger partial charge is 0.314 e. The monoisotopic (exact) mass is 583 g/mol. The number of benzene rings is 3. The van der Waals surface area contributed by atoms with Crippen LogP contribution in [0.2, 0.25) is 0 Å². The van der Waals surface area contributed by atoms with Gasteiger partial charge >= 0.3 is 5.97 Å². The zero-order valence-electron chi connectivity index (χ0n) is 25.6.